The number of amides is 4. The minimum absolute atomic E-state index is 0.0835. The van der Waals surface area contributed by atoms with Gasteiger partial charge in [0.25, 0.3) is 23.6 Å². The molecule has 0 aromatic heterocycles. The van der Waals surface area contributed by atoms with Gasteiger partial charge in [0.2, 0.25) is 0 Å². The zero-order chi connectivity index (χ0) is 28.1. The lowest BCUT2D eigenvalue weighted by molar-refractivity contribution is 0.0910. The van der Waals surface area contributed by atoms with Crippen molar-refractivity contribution < 1.29 is 33.8 Å². The number of anilines is 2. The number of imide groups is 2. The van der Waals surface area contributed by atoms with E-state index in [1.54, 1.807) is 48.5 Å². The minimum Gasteiger partial charge on any atom is -0.497 e. The van der Waals surface area contributed by atoms with Crippen molar-refractivity contribution in [1.82, 2.24) is 0 Å². The zero-order valence-corrected chi connectivity index (χ0v) is 21.1. The topological polar surface area (TPSA) is 121 Å². The number of ether oxygens (including phenoxy) is 1. The number of fused-ring (bicyclic) bond motifs is 2. The quantitative estimate of drug-likeness (QED) is 0.294. The molecule has 0 bridgehead atoms. The zero-order valence-electron chi connectivity index (χ0n) is 21.1. The number of aliphatic hydroxyl groups excluding tert-OH is 1. The molecular weight excluding hydrogens is 512 g/mol. The van der Waals surface area contributed by atoms with Crippen LogP contribution < -0.4 is 14.5 Å². The lowest BCUT2D eigenvalue weighted by Crippen LogP contribution is -2.29. The summed E-state index contributed by atoms with van der Waals surface area (Å²) in [6, 6.07) is 21.3. The Morgan fingerprint density at radius 3 is 1.48 bits per heavy atom. The lowest BCUT2D eigenvalue weighted by Gasteiger charge is -2.14. The average molecular weight is 533 g/mol. The van der Waals surface area contributed by atoms with Gasteiger partial charge in [-0.2, -0.15) is 0 Å². The Morgan fingerprint density at radius 2 is 1.05 bits per heavy atom. The number of carbonyl (C=O) groups is 5. The summed E-state index contributed by atoms with van der Waals surface area (Å²) in [6.07, 6.45) is 0. The second kappa shape index (κ2) is 9.40. The fourth-order valence-electron chi connectivity index (χ4n) is 4.88. The van der Waals surface area contributed by atoms with Crippen LogP contribution in [0, 0.1) is 0 Å². The minimum atomic E-state index is -0.573. The third kappa shape index (κ3) is 3.79. The maximum Gasteiger partial charge on any atom is 0.266 e. The van der Waals surface area contributed by atoms with E-state index in [-0.39, 0.29) is 40.0 Å². The molecule has 0 saturated heterocycles. The molecule has 2 heterocycles. The van der Waals surface area contributed by atoms with Gasteiger partial charge >= 0.3 is 0 Å². The summed E-state index contributed by atoms with van der Waals surface area (Å²) in [5.41, 5.74) is 2.18. The van der Waals surface area contributed by atoms with Crippen molar-refractivity contribution in [2.45, 2.75) is 6.61 Å². The fourth-order valence-corrected chi connectivity index (χ4v) is 4.88. The van der Waals surface area contributed by atoms with E-state index in [4.69, 9.17) is 4.74 Å². The van der Waals surface area contributed by atoms with Crippen LogP contribution in [0.4, 0.5) is 11.4 Å². The molecule has 2 aliphatic heterocycles. The first-order valence-electron chi connectivity index (χ1n) is 12.3. The van der Waals surface area contributed by atoms with Crippen LogP contribution in [0.3, 0.4) is 0 Å². The number of benzene rings is 4. The summed E-state index contributed by atoms with van der Waals surface area (Å²) in [4.78, 5) is 67.8. The summed E-state index contributed by atoms with van der Waals surface area (Å²) < 4.78 is 5.13. The maximum atomic E-state index is 13.4. The van der Waals surface area contributed by atoms with E-state index in [1.165, 1.54) is 43.5 Å². The molecule has 0 unspecified atom stereocenters. The summed E-state index contributed by atoms with van der Waals surface area (Å²) in [5.74, 6) is -2.05. The Hall–Kier alpha value is -5.41. The van der Waals surface area contributed by atoms with Crippen molar-refractivity contribution in [1.29, 1.82) is 0 Å². The van der Waals surface area contributed by atoms with Gasteiger partial charge in [0, 0.05) is 11.1 Å². The highest BCUT2D eigenvalue weighted by atomic mass is 16.5. The van der Waals surface area contributed by atoms with E-state index in [9.17, 15) is 29.1 Å². The predicted octanol–water partition coefficient (Wildman–Crippen LogP) is 4.02. The van der Waals surface area contributed by atoms with Gasteiger partial charge in [-0.15, -0.1) is 0 Å². The largest absolute Gasteiger partial charge is 0.497 e. The molecule has 4 amide bonds. The number of methoxy groups -OCH3 is 1. The highest BCUT2D eigenvalue weighted by Gasteiger charge is 2.39. The van der Waals surface area contributed by atoms with Gasteiger partial charge in [-0.05, 0) is 66.2 Å². The van der Waals surface area contributed by atoms with Crippen LogP contribution in [0.2, 0.25) is 0 Å². The third-order valence-electron chi connectivity index (χ3n) is 7.01. The molecular formula is C31H20N2O7. The molecule has 0 atom stereocenters. The predicted molar refractivity (Wildman–Crippen MR) is 144 cm³/mol. The van der Waals surface area contributed by atoms with Gasteiger partial charge in [-0.25, -0.2) is 9.80 Å². The van der Waals surface area contributed by atoms with Crippen molar-refractivity contribution >= 4 is 40.8 Å². The Bertz CT molecular complexity index is 1630. The van der Waals surface area contributed by atoms with Crippen LogP contribution in [0.25, 0.3) is 0 Å². The number of carbonyl (C=O) groups excluding carboxylic acids is 5. The van der Waals surface area contributed by atoms with E-state index in [0.717, 1.165) is 9.80 Å². The molecule has 0 fully saturated rings. The standard InChI is InChI=1S/C31H20N2O7/c1-40-22-10-8-21(9-11-22)33-29(37)24-13-5-19(15-26(24)31(33)39)27(35)18-4-12-23-25(14-18)30(38)32(28(23)36)20-6-2-17(16-34)3-7-20/h2-15,34H,16H2,1H3. The van der Waals surface area contributed by atoms with Crippen molar-refractivity contribution in [2.24, 2.45) is 0 Å². The first-order valence-corrected chi connectivity index (χ1v) is 12.3. The number of hydrogen-bond acceptors (Lipinski definition) is 7. The first-order chi connectivity index (χ1) is 19.3. The SMILES string of the molecule is COc1ccc(N2C(=O)c3ccc(C(=O)c4ccc5c(c4)C(=O)N(c4ccc(CO)cc4)C5=O)cc3C2=O)cc1. The molecule has 0 saturated carbocycles. The van der Waals surface area contributed by atoms with Crippen LogP contribution in [-0.4, -0.2) is 41.6 Å². The number of ketones is 1. The molecule has 9 nitrogen and oxygen atoms in total. The van der Waals surface area contributed by atoms with Gasteiger partial charge in [0.1, 0.15) is 5.75 Å². The molecule has 4 aromatic rings. The number of aliphatic hydroxyl groups is 1. The average Bonchev–Trinajstić information content (AvgIpc) is 3.40. The van der Waals surface area contributed by atoms with E-state index < -0.39 is 29.4 Å². The maximum absolute atomic E-state index is 13.4. The third-order valence-corrected chi connectivity index (χ3v) is 7.01. The molecule has 0 radical (unpaired) electrons. The van der Waals surface area contributed by atoms with Crippen molar-refractivity contribution in [3.63, 3.8) is 0 Å². The normalized spacial score (nSPS) is 14.1. The lowest BCUT2D eigenvalue weighted by atomic mass is 9.96. The molecule has 40 heavy (non-hydrogen) atoms. The summed E-state index contributed by atoms with van der Waals surface area (Å²) >= 11 is 0. The van der Waals surface area contributed by atoms with E-state index in [1.807, 2.05) is 0 Å². The highest BCUT2D eigenvalue weighted by Crippen LogP contribution is 2.32. The monoisotopic (exact) mass is 532 g/mol. The van der Waals surface area contributed by atoms with Gasteiger partial charge in [0.15, 0.2) is 5.78 Å². The van der Waals surface area contributed by atoms with Crippen LogP contribution in [0.1, 0.15) is 62.9 Å². The van der Waals surface area contributed by atoms with Crippen LogP contribution in [0.15, 0.2) is 84.9 Å². The summed E-state index contributed by atoms with van der Waals surface area (Å²) in [7, 11) is 1.51. The first kappa shape index (κ1) is 24.9. The Kier molecular flexibility index (Phi) is 5.85. The fraction of sp³-hybridized carbons (Fsp3) is 0.0645. The van der Waals surface area contributed by atoms with Crippen molar-refractivity contribution in [3.05, 3.63) is 124 Å². The van der Waals surface area contributed by atoms with Crippen LogP contribution >= 0.6 is 0 Å². The second-order valence-corrected chi connectivity index (χ2v) is 9.26. The smallest absolute Gasteiger partial charge is 0.266 e. The summed E-state index contributed by atoms with van der Waals surface area (Å²) in [5, 5.41) is 9.26. The number of hydrogen-bond donors (Lipinski definition) is 1. The van der Waals surface area contributed by atoms with Gasteiger partial charge in [0.05, 0.1) is 47.3 Å². The molecule has 0 spiro atoms. The second-order valence-electron chi connectivity index (χ2n) is 9.26. The Balaban J connectivity index is 1.29. The number of nitrogens with zero attached hydrogens (tertiary/aromatic N) is 2. The van der Waals surface area contributed by atoms with Gasteiger partial charge in [-0.1, -0.05) is 24.3 Å². The van der Waals surface area contributed by atoms with Gasteiger partial charge < -0.3 is 9.84 Å². The molecule has 196 valence electrons. The molecule has 2 aliphatic rings. The van der Waals surface area contributed by atoms with E-state index in [2.05, 4.69) is 0 Å². The molecule has 0 aliphatic carbocycles. The van der Waals surface area contributed by atoms with Crippen molar-refractivity contribution in [3.8, 4) is 5.75 Å². The Labute approximate surface area is 227 Å². The molecule has 1 N–H and O–H groups in total. The van der Waals surface area contributed by atoms with Gasteiger partial charge in [-0.3, -0.25) is 24.0 Å². The highest BCUT2D eigenvalue weighted by molar-refractivity contribution is 6.36. The summed E-state index contributed by atoms with van der Waals surface area (Å²) in [6.45, 7) is -0.171. The van der Waals surface area contributed by atoms with E-state index >= 15 is 0 Å². The number of rotatable bonds is 6. The van der Waals surface area contributed by atoms with E-state index in [0.29, 0.717) is 22.7 Å². The molecule has 4 aromatic carbocycles. The molecule has 6 rings (SSSR count). The Morgan fingerprint density at radius 1 is 0.625 bits per heavy atom. The molecule has 9 heteroatoms. The van der Waals surface area contributed by atoms with Crippen LogP contribution in [0.5, 0.6) is 5.75 Å². The van der Waals surface area contributed by atoms with Crippen molar-refractivity contribution in [2.75, 3.05) is 16.9 Å². The van der Waals surface area contributed by atoms with Crippen LogP contribution in [-0.2, 0) is 6.61 Å².